The van der Waals surface area contributed by atoms with E-state index in [1.807, 2.05) is 4.90 Å². The highest BCUT2D eigenvalue weighted by molar-refractivity contribution is 4.60. The number of aliphatic hydroxyl groups is 2. The molecule has 3 heteroatoms. The summed E-state index contributed by atoms with van der Waals surface area (Å²) >= 11 is 0. The fourth-order valence-corrected chi connectivity index (χ4v) is 1.06. The van der Waals surface area contributed by atoms with Gasteiger partial charge in [0.25, 0.3) is 0 Å². The summed E-state index contributed by atoms with van der Waals surface area (Å²) < 4.78 is 0. The summed E-state index contributed by atoms with van der Waals surface area (Å²) in [6, 6.07) is 0. The second-order valence-corrected chi connectivity index (χ2v) is 2.98. The molecule has 2 atom stereocenters. The molecule has 0 rings (SSSR count). The maximum absolute atomic E-state index is 9.21. The van der Waals surface area contributed by atoms with E-state index in [-0.39, 0.29) is 6.10 Å². The number of aliphatic hydroxyl groups excluding tert-OH is 2. The van der Waals surface area contributed by atoms with Gasteiger partial charge in [-0.05, 0) is 20.3 Å². The highest BCUT2D eigenvalue weighted by atomic mass is 16.3. The molecule has 0 spiro atoms. The fraction of sp³-hybridized carbons (Fsp3) is 1.00. The van der Waals surface area contributed by atoms with Gasteiger partial charge in [0.05, 0.1) is 6.10 Å². The lowest BCUT2D eigenvalue weighted by atomic mass is 10.3. The number of hydrogen-bond acceptors (Lipinski definition) is 3. The van der Waals surface area contributed by atoms with E-state index in [9.17, 15) is 5.11 Å². The molecule has 68 valence electrons. The van der Waals surface area contributed by atoms with Gasteiger partial charge >= 0.3 is 0 Å². The molecule has 0 aliphatic heterocycles. The van der Waals surface area contributed by atoms with E-state index in [1.54, 1.807) is 13.8 Å². The summed E-state index contributed by atoms with van der Waals surface area (Å²) in [5.74, 6) is 0. The molecule has 2 unspecified atom stereocenters. The predicted molar refractivity (Wildman–Crippen MR) is 45.2 cm³/mol. The molecule has 0 fully saturated rings. The van der Waals surface area contributed by atoms with Crippen LogP contribution in [0.3, 0.4) is 0 Å². The molecule has 3 nitrogen and oxygen atoms in total. The van der Waals surface area contributed by atoms with Crippen LogP contribution in [0, 0.1) is 0 Å². The molecule has 0 aromatic rings. The van der Waals surface area contributed by atoms with Crippen molar-refractivity contribution in [2.75, 3.05) is 13.1 Å². The summed E-state index contributed by atoms with van der Waals surface area (Å²) in [6.45, 7) is 6.88. The summed E-state index contributed by atoms with van der Waals surface area (Å²) in [7, 11) is 0. The van der Waals surface area contributed by atoms with Crippen molar-refractivity contribution in [1.29, 1.82) is 0 Å². The van der Waals surface area contributed by atoms with Crippen LogP contribution >= 0.6 is 0 Å². The first kappa shape index (κ1) is 10.9. The van der Waals surface area contributed by atoms with E-state index in [1.165, 1.54) is 0 Å². The maximum atomic E-state index is 9.21. The highest BCUT2D eigenvalue weighted by Crippen LogP contribution is 1.98. The third kappa shape index (κ3) is 5.18. The Bertz CT molecular complexity index is 94.1. The van der Waals surface area contributed by atoms with Crippen molar-refractivity contribution in [2.45, 2.75) is 39.5 Å². The minimum Gasteiger partial charge on any atom is -0.392 e. The molecule has 11 heavy (non-hydrogen) atoms. The normalized spacial score (nSPS) is 16.9. The molecule has 0 aromatic heterocycles. The van der Waals surface area contributed by atoms with Crippen LogP contribution in [0.5, 0.6) is 0 Å². The smallest absolute Gasteiger partial charge is 0.104 e. The number of rotatable bonds is 5. The van der Waals surface area contributed by atoms with Crippen LogP contribution < -0.4 is 0 Å². The Morgan fingerprint density at radius 3 is 2.09 bits per heavy atom. The summed E-state index contributed by atoms with van der Waals surface area (Å²) in [6.07, 6.45) is 0.179. The van der Waals surface area contributed by atoms with Gasteiger partial charge in [0.1, 0.15) is 6.23 Å². The van der Waals surface area contributed by atoms with Gasteiger partial charge < -0.3 is 10.2 Å². The van der Waals surface area contributed by atoms with Crippen LogP contribution in [0.4, 0.5) is 0 Å². The molecule has 2 N–H and O–H groups in total. The summed E-state index contributed by atoms with van der Waals surface area (Å²) in [4.78, 5) is 1.85. The van der Waals surface area contributed by atoms with E-state index in [4.69, 9.17) is 5.11 Å². The molecule has 0 aromatic carbocycles. The summed E-state index contributed by atoms with van der Waals surface area (Å²) in [5, 5.41) is 18.3. The average molecular weight is 161 g/mol. The van der Waals surface area contributed by atoms with Crippen LogP contribution in [0.15, 0.2) is 0 Å². The van der Waals surface area contributed by atoms with E-state index in [0.717, 1.165) is 13.0 Å². The lowest BCUT2D eigenvalue weighted by Gasteiger charge is -2.25. The van der Waals surface area contributed by atoms with E-state index < -0.39 is 6.23 Å². The molecular formula is C8H19NO2. The monoisotopic (exact) mass is 161 g/mol. The fourth-order valence-electron chi connectivity index (χ4n) is 1.06. The first-order valence-corrected chi connectivity index (χ1v) is 4.18. The van der Waals surface area contributed by atoms with E-state index in [0.29, 0.717) is 6.54 Å². The topological polar surface area (TPSA) is 43.7 Å². The first-order chi connectivity index (χ1) is 5.07. The maximum Gasteiger partial charge on any atom is 0.104 e. The van der Waals surface area contributed by atoms with Crippen LogP contribution in [-0.4, -0.2) is 40.5 Å². The molecular weight excluding hydrogens is 142 g/mol. The van der Waals surface area contributed by atoms with Crippen molar-refractivity contribution < 1.29 is 10.2 Å². The molecule has 0 radical (unpaired) electrons. The largest absolute Gasteiger partial charge is 0.392 e. The van der Waals surface area contributed by atoms with Crippen LogP contribution in [0.1, 0.15) is 27.2 Å². The van der Waals surface area contributed by atoms with E-state index in [2.05, 4.69) is 6.92 Å². The van der Waals surface area contributed by atoms with Gasteiger partial charge in [-0.2, -0.15) is 0 Å². The second-order valence-electron chi connectivity index (χ2n) is 2.98. The Morgan fingerprint density at radius 2 is 1.82 bits per heavy atom. The molecule has 0 heterocycles. The molecule has 0 aliphatic rings. The summed E-state index contributed by atoms with van der Waals surface area (Å²) in [5.41, 5.74) is 0. The van der Waals surface area contributed by atoms with Gasteiger partial charge in [0.2, 0.25) is 0 Å². The number of hydrogen-bond donors (Lipinski definition) is 2. The zero-order valence-electron chi connectivity index (χ0n) is 7.62. The minimum atomic E-state index is -0.454. The average Bonchev–Trinajstić information content (AvgIpc) is 1.86. The standard InChI is InChI=1S/C8H19NO2/c1-4-5-9(8(3)11)6-7(2)10/h7-8,10-11H,4-6H2,1-3H3. The van der Waals surface area contributed by atoms with Crippen LogP contribution in [-0.2, 0) is 0 Å². The van der Waals surface area contributed by atoms with Crippen LogP contribution in [0.25, 0.3) is 0 Å². The van der Waals surface area contributed by atoms with Crippen molar-refractivity contribution in [3.05, 3.63) is 0 Å². The zero-order chi connectivity index (χ0) is 8.85. The molecule has 0 saturated heterocycles. The molecule has 0 aliphatic carbocycles. The minimum absolute atomic E-state index is 0.365. The Morgan fingerprint density at radius 1 is 1.27 bits per heavy atom. The lowest BCUT2D eigenvalue weighted by molar-refractivity contribution is -0.00702. The number of nitrogens with zero attached hydrogens (tertiary/aromatic N) is 1. The first-order valence-electron chi connectivity index (χ1n) is 4.18. The Balaban J connectivity index is 3.69. The highest BCUT2D eigenvalue weighted by Gasteiger charge is 2.11. The van der Waals surface area contributed by atoms with Gasteiger partial charge in [-0.1, -0.05) is 6.92 Å². The van der Waals surface area contributed by atoms with Crippen molar-refractivity contribution >= 4 is 0 Å². The Kier molecular flexibility index (Phi) is 5.46. The molecule has 0 amide bonds. The predicted octanol–water partition coefficient (Wildman–Crippen LogP) is 0.418. The van der Waals surface area contributed by atoms with Crippen molar-refractivity contribution in [2.24, 2.45) is 0 Å². The van der Waals surface area contributed by atoms with Crippen molar-refractivity contribution in [1.82, 2.24) is 4.90 Å². The Hall–Kier alpha value is -0.120. The van der Waals surface area contributed by atoms with Crippen LogP contribution in [0.2, 0.25) is 0 Å². The van der Waals surface area contributed by atoms with E-state index >= 15 is 0 Å². The van der Waals surface area contributed by atoms with Crippen molar-refractivity contribution in [3.63, 3.8) is 0 Å². The SMILES string of the molecule is CCCN(CC(C)O)C(C)O. The third-order valence-corrected chi connectivity index (χ3v) is 1.54. The van der Waals surface area contributed by atoms with Gasteiger partial charge in [-0.25, -0.2) is 0 Å². The van der Waals surface area contributed by atoms with Gasteiger partial charge in [0, 0.05) is 13.1 Å². The quantitative estimate of drug-likeness (QED) is 0.574. The lowest BCUT2D eigenvalue weighted by Crippen LogP contribution is -2.38. The Labute approximate surface area is 68.6 Å². The molecule has 0 bridgehead atoms. The van der Waals surface area contributed by atoms with Crippen molar-refractivity contribution in [3.8, 4) is 0 Å². The second kappa shape index (κ2) is 5.52. The van der Waals surface area contributed by atoms with Gasteiger partial charge in [-0.15, -0.1) is 0 Å². The third-order valence-electron chi connectivity index (χ3n) is 1.54. The van der Waals surface area contributed by atoms with Gasteiger partial charge in [0.15, 0.2) is 0 Å². The van der Waals surface area contributed by atoms with Gasteiger partial charge in [-0.3, -0.25) is 4.90 Å². The molecule has 0 saturated carbocycles. The zero-order valence-corrected chi connectivity index (χ0v) is 7.62.